The van der Waals surface area contributed by atoms with Gasteiger partial charge in [-0.2, -0.15) is 12.7 Å². The molecule has 0 bridgehead atoms. The van der Waals surface area contributed by atoms with Crippen molar-refractivity contribution in [3.05, 3.63) is 0 Å². The van der Waals surface area contributed by atoms with Crippen LogP contribution < -0.4 is 15.2 Å². The summed E-state index contributed by atoms with van der Waals surface area (Å²) in [5, 5.41) is 0. The molecule has 0 saturated carbocycles. The van der Waals surface area contributed by atoms with E-state index in [-0.39, 0.29) is 13.1 Å². The van der Waals surface area contributed by atoms with Crippen LogP contribution in [0.4, 0.5) is 0 Å². The van der Waals surface area contributed by atoms with Gasteiger partial charge in [-0.15, -0.1) is 0 Å². The number of nitrogens with two attached hydrogens (primary N) is 1. The summed E-state index contributed by atoms with van der Waals surface area (Å²) in [6, 6.07) is 0. The Kier molecular flexibility index (Phi) is 7.13. The Morgan fingerprint density at radius 3 is 2.12 bits per heavy atom. The average Bonchev–Trinajstić information content (AvgIpc) is 2.19. The van der Waals surface area contributed by atoms with Gasteiger partial charge >= 0.3 is 0 Å². The highest BCUT2D eigenvalue weighted by atomic mass is 32.2. The van der Waals surface area contributed by atoms with E-state index >= 15 is 0 Å². The summed E-state index contributed by atoms with van der Waals surface area (Å²) in [6.07, 6.45) is 1.58. The van der Waals surface area contributed by atoms with Crippen molar-refractivity contribution in [3.8, 4) is 0 Å². The normalized spacial score (nSPS) is 13.2. The van der Waals surface area contributed by atoms with E-state index in [2.05, 4.69) is 9.44 Å². The second-order valence-corrected chi connectivity index (χ2v) is 7.22. The molecule has 8 nitrogen and oxygen atoms in total. The van der Waals surface area contributed by atoms with Gasteiger partial charge in [0.1, 0.15) is 0 Å². The number of hydrogen-bond donors (Lipinski definition) is 3. The molecular formula is C7H20N4O4S2. The van der Waals surface area contributed by atoms with E-state index in [0.29, 0.717) is 19.5 Å². The van der Waals surface area contributed by atoms with Crippen LogP contribution in [0.15, 0.2) is 0 Å². The fourth-order valence-electron chi connectivity index (χ4n) is 0.961. The largest absolute Gasteiger partial charge is 0.330 e. The standard InChI is InChI=1S/C7H20N4O4S2/c1-11(7-3-4-8)17(14,15)10-6-5-9-16(2,12)13/h9-10H,3-8H2,1-2H3. The molecule has 104 valence electrons. The van der Waals surface area contributed by atoms with Crippen molar-refractivity contribution in [2.75, 3.05) is 39.5 Å². The van der Waals surface area contributed by atoms with Crippen molar-refractivity contribution in [3.63, 3.8) is 0 Å². The van der Waals surface area contributed by atoms with Gasteiger partial charge in [-0.25, -0.2) is 17.9 Å². The lowest BCUT2D eigenvalue weighted by Gasteiger charge is -2.17. The third-order valence-corrected chi connectivity index (χ3v) is 4.16. The first-order valence-electron chi connectivity index (χ1n) is 5.04. The molecule has 4 N–H and O–H groups in total. The summed E-state index contributed by atoms with van der Waals surface area (Å²) in [5.41, 5.74) is 5.27. The fraction of sp³-hybridized carbons (Fsp3) is 1.00. The van der Waals surface area contributed by atoms with E-state index in [1.807, 2.05) is 0 Å². The molecule has 0 aliphatic carbocycles. The van der Waals surface area contributed by atoms with E-state index in [4.69, 9.17) is 5.73 Å². The molecule has 0 aliphatic rings. The topological polar surface area (TPSA) is 122 Å². The third-order valence-electron chi connectivity index (χ3n) is 1.86. The molecule has 0 spiro atoms. The number of nitrogens with one attached hydrogen (secondary N) is 2. The van der Waals surface area contributed by atoms with Crippen molar-refractivity contribution in [2.24, 2.45) is 5.73 Å². The Morgan fingerprint density at radius 2 is 1.65 bits per heavy atom. The molecule has 0 atom stereocenters. The summed E-state index contributed by atoms with van der Waals surface area (Å²) in [6.45, 7) is 0.756. The molecule has 0 radical (unpaired) electrons. The lowest BCUT2D eigenvalue weighted by molar-refractivity contribution is 0.453. The highest BCUT2D eigenvalue weighted by molar-refractivity contribution is 7.88. The lowest BCUT2D eigenvalue weighted by Crippen LogP contribution is -2.42. The molecular weight excluding hydrogens is 268 g/mol. The molecule has 0 unspecified atom stereocenters. The van der Waals surface area contributed by atoms with E-state index in [1.54, 1.807) is 0 Å². The maximum Gasteiger partial charge on any atom is 0.279 e. The second-order valence-electron chi connectivity index (χ2n) is 3.53. The second kappa shape index (κ2) is 7.24. The number of rotatable bonds is 9. The van der Waals surface area contributed by atoms with Gasteiger partial charge in [0.2, 0.25) is 10.0 Å². The molecule has 0 rings (SSSR count). The van der Waals surface area contributed by atoms with E-state index in [1.165, 1.54) is 7.05 Å². The zero-order valence-corrected chi connectivity index (χ0v) is 11.6. The third kappa shape index (κ3) is 8.46. The smallest absolute Gasteiger partial charge is 0.279 e. The predicted octanol–water partition coefficient (Wildman–Crippen LogP) is -2.35. The maximum absolute atomic E-state index is 11.6. The van der Waals surface area contributed by atoms with Crippen molar-refractivity contribution < 1.29 is 16.8 Å². The average molecular weight is 288 g/mol. The minimum absolute atomic E-state index is 0.00235. The Bertz CT molecular complexity index is 406. The molecule has 0 amide bonds. The number of hydrogen-bond acceptors (Lipinski definition) is 5. The van der Waals surface area contributed by atoms with Crippen LogP contribution in [-0.2, 0) is 20.2 Å². The van der Waals surface area contributed by atoms with Crippen LogP contribution >= 0.6 is 0 Å². The highest BCUT2D eigenvalue weighted by Gasteiger charge is 2.15. The Labute approximate surface area is 103 Å². The summed E-state index contributed by atoms with van der Waals surface area (Å²) in [4.78, 5) is 0. The highest BCUT2D eigenvalue weighted by Crippen LogP contribution is 1.94. The Morgan fingerprint density at radius 1 is 1.12 bits per heavy atom. The van der Waals surface area contributed by atoms with Crippen LogP contribution in [0.1, 0.15) is 6.42 Å². The van der Waals surface area contributed by atoms with Crippen LogP contribution in [0.5, 0.6) is 0 Å². The summed E-state index contributed by atoms with van der Waals surface area (Å²) in [5.74, 6) is 0. The van der Waals surface area contributed by atoms with Gasteiger partial charge in [-0.1, -0.05) is 0 Å². The van der Waals surface area contributed by atoms with Crippen molar-refractivity contribution in [2.45, 2.75) is 6.42 Å². The van der Waals surface area contributed by atoms with Crippen LogP contribution in [0, 0.1) is 0 Å². The zero-order chi connectivity index (χ0) is 13.5. The molecule has 0 aromatic carbocycles. The van der Waals surface area contributed by atoms with Crippen LogP contribution in [0.2, 0.25) is 0 Å². The van der Waals surface area contributed by atoms with E-state index in [9.17, 15) is 16.8 Å². The van der Waals surface area contributed by atoms with Crippen molar-refractivity contribution in [1.82, 2.24) is 13.7 Å². The first kappa shape index (κ1) is 16.7. The SMILES string of the molecule is CN(CCCN)S(=O)(=O)NCCNS(C)(=O)=O. The van der Waals surface area contributed by atoms with E-state index in [0.717, 1.165) is 10.6 Å². The molecule has 0 aliphatic heterocycles. The summed E-state index contributed by atoms with van der Waals surface area (Å²) in [7, 11) is -5.42. The summed E-state index contributed by atoms with van der Waals surface area (Å²) < 4.78 is 50.1. The lowest BCUT2D eigenvalue weighted by atomic mass is 10.4. The van der Waals surface area contributed by atoms with Crippen LogP contribution in [-0.4, -0.2) is 60.6 Å². The van der Waals surface area contributed by atoms with Gasteiger partial charge < -0.3 is 5.73 Å². The monoisotopic (exact) mass is 288 g/mol. The number of sulfonamides is 1. The maximum atomic E-state index is 11.6. The van der Waals surface area contributed by atoms with Gasteiger partial charge in [0.25, 0.3) is 10.2 Å². The first-order valence-corrected chi connectivity index (χ1v) is 8.38. The molecule has 0 aromatic rings. The summed E-state index contributed by atoms with van der Waals surface area (Å²) >= 11 is 0. The molecule has 0 saturated heterocycles. The van der Waals surface area contributed by atoms with Gasteiger partial charge in [0.15, 0.2) is 0 Å². The fourth-order valence-corrected chi connectivity index (χ4v) is 2.38. The molecule has 0 heterocycles. The zero-order valence-electron chi connectivity index (χ0n) is 10.0. The molecule has 0 aromatic heterocycles. The Hall–Kier alpha value is -0.260. The predicted molar refractivity (Wildman–Crippen MR) is 66.1 cm³/mol. The molecule has 10 heteroatoms. The van der Waals surface area contributed by atoms with Crippen LogP contribution in [0.25, 0.3) is 0 Å². The minimum atomic E-state index is -3.56. The first-order chi connectivity index (χ1) is 7.69. The van der Waals surface area contributed by atoms with E-state index < -0.39 is 20.2 Å². The van der Waals surface area contributed by atoms with Crippen molar-refractivity contribution >= 4 is 20.2 Å². The van der Waals surface area contributed by atoms with Gasteiger partial charge in [0.05, 0.1) is 6.26 Å². The quantitative estimate of drug-likeness (QED) is 0.410. The number of nitrogens with zero attached hydrogens (tertiary/aromatic N) is 1. The molecule has 17 heavy (non-hydrogen) atoms. The molecule has 0 fully saturated rings. The van der Waals surface area contributed by atoms with Gasteiger partial charge in [-0.3, -0.25) is 0 Å². The minimum Gasteiger partial charge on any atom is -0.330 e. The Balaban J connectivity index is 4.02. The van der Waals surface area contributed by atoms with Crippen LogP contribution in [0.3, 0.4) is 0 Å². The van der Waals surface area contributed by atoms with Gasteiger partial charge in [-0.05, 0) is 13.0 Å². The van der Waals surface area contributed by atoms with Crippen molar-refractivity contribution in [1.29, 1.82) is 0 Å². The van der Waals surface area contributed by atoms with Gasteiger partial charge in [0, 0.05) is 26.7 Å².